The van der Waals surface area contributed by atoms with E-state index >= 15 is 0 Å². The highest BCUT2D eigenvalue weighted by Gasteiger charge is 2.20. The van der Waals surface area contributed by atoms with E-state index in [-0.39, 0.29) is 18.0 Å². The minimum absolute atomic E-state index is 0.162. The molecule has 0 bridgehead atoms. The zero-order chi connectivity index (χ0) is 19.4. The monoisotopic (exact) mass is 403 g/mol. The third-order valence-corrected chi connectivity index (χ3v) is 5.17. The lowest BCUT2D eigenvalue weighted by Gasteiger charge is -2.15. The molecule has 0 aliphatic rings. The van der Waals surface area contributed by atoms with Crippen molar-refractivity contribution in [2.24, 2.45) is 0 Å². The van der Waals surface area contributed by atoms with Crippen molar-refractivity contribution in [1.29, 1.82) is 0 Å². The molecule has 8 heteroatoms. The van der Waals surface area contributed by atoms with Crippen LogP contribution >= 0.6 is 23.4 Å². The summed E-state index contributed by atoms with van der Waals surface area (Å²) >= 11 is 7.25. The zero-order valence-corrected chi connectivity index (χ0v) is 16.2. The van der Waals surface area contributed by atoms with Gasteiger partial charge in [-0.15, -0.1) is 6.58 Å². The van der Waals surface area contributed by atoms with Crippen LogP contribution in [0.2, 0.25) is 5.02 Å². The summed E-state index contributed by atoms with van der Waals surface area (Å²) < 4.78 is 6.89. The number of halogens is 1. The first kappa shape index (κ1) is 19.3. The number of benzene rings is 1. The Balaban J connectivity index is 2.03. The van der Waals surface area contributed by atoms with E-state index in [2.05, 4.69) is 16.9 Å². The van der Waals surface area contributed by atoms with Gasteiger partial charge in [-0.3, -0.25) is 14.2 Å². The zero-order valence-electron chi connectivity index (χ0n) is 14.6. The number of aromatic nitrogens is 2. The molecule has 0 saturated heterocycles. The van der Waals surface area contributed by atoms with Gasteiger partial charge in [-0.05, 0) is 37.3 Å². The van der Waals surface area contributed by atoms with Crippen molar-refractivity contribution >= 4 is 40.2 Å². The van der Waals surface area contributed by atoms with E-state index in [1.165, 1.54) is 16.3 Å². The summed E-state index contributed by atoms with van der Waals surface area (Å²) in [6, 6.07) is 8.49. The van der Waals surface area contributed by atoms with Gasteiger partial charge < -0.3 is 9.73 Å². The van der Waals surface area contributed by atoms with E-state index in [0.717, 1.165) is 0 Å². The normalized spacial score (nSPS) is 12.1. The van der Waals surface area contributed by atoms with Crippen LogP contribution in [-0.2, 0) is 11.3 Å². The van der Waals surface area contributed by atoms with Gasteiger partial charge in [-0.25, -0.2) is 4.98 Å². The van der Waals surface area contributed by atoms with Gasteiger partial charge in [0.25, 0.3) is 5.56 Å². The van der Waals surface area contributed by atoms with E-state index in [4.69, 9.17) is 16.0 Å². The molecule has 0 aliphatic heterocycles. The molecule has 3 aromatic rings. The van der Waals surface area contributed by atoms with Crippen LogP contribution in [0.5, 0.6) is 0 Å². The number of carbonyl (C=O) groups excluding carboxylic acids is 1. The van der Waals surface area contributed by atoms with Gasteiger partial charge in [0.05, 0.1) is 29.0 Å². The Morgan fingerprint density at radius 2 is 2.30 bits per heavy atom. The lowest BCUT2D eigenvalue weighted by Crippen LogP contribution is -2.32. The van der Waals surface area contributed by atoms with Gasteiger partial charge >= 0.3 is 0 Å². The van der Waals surface area contributed by atoms with Gasteiger partial charge in [0.15, 0.2) is 5.16 Å². The number of hydrogen-bond acceptors (Lipinski definition) is 5. The summed E-state index contributed by atoms with van der Waals surface area (Å²) in [7, 11) is 0. The smallest absolute Gasteiger partial charge is 0.262 e. The summed E-state index contributed by atoms with van der Waals surface area (Å²) in [5.41, 5.74) is 0.277. The fourth-order valence-corrected chi connectivity index (χ4v) is 3.59. The first-order valence-electron chi connectivity index (χ1n) is 8.27. The summed E-state index contributed by atoms with van der Waals surface area (Å²) in [5.74, 6) is 0.461. The molecule has 27 heavy (non-hydrogen) atoms. The van der Waals surface area contributed by atoms with Crippen molar-refractivity contribution < 1.29 is 9.21 Å². The molecule has 0 radical (unpaired) electrons. The highest BCUT2D eigenvalue weighted by Crippen LogP contribution is 2.24. The molecule has 1 amide bonds. The van der Waals surface area contributed by atoms with Gasteiger partial charge in [0, 0.05) is 11.6 Å². The molecule has 6 nitrogen and oxygen atoms in total. The summed E-state index contributed by atoms with van der Waals surface area (Å²) in [6.07, 6.45) is 3.16. The highest BCUT2D eigenvalue weighted by molar-refractivity contribution is 8.00. The third kappa shape index (κ3) is 4.43. The number of carbonyl (C=O) groups is 1. The molecule has 0 spiro atoms. The first-order valence-corrected chi connectivity index (χ1v) is 9.53. The molecular formula is C19H18ClN3O3S. The quantitative estimate of drug-likeness (QED) is 0.371. The maximum absolute atomic E-state index is 13.0. The summed E-state index contributed by atoms with van der Waals surface area (Å²) in [6.45, 7) is 5.94. The topological polar surface area (TPSA) is 77.1 Å². The molecule has 140 valence electrons. The number of nitrogens with zero attached hydrogens (tertiary/aromatic N) is 2. The predicted octanol–water partition coefficient (Wildman–Crippen LogP) is 3.47. The molecule has 0 aliphatic carbocycles. The van der Waals surface area contributed by atoms with Crippen LogP contribution in [0.1, 0.15) is 12.7 Å². The molecule has 3 rings (SSSR count). The first-order chi connectivity index (χ1) is 13.0. The number of rotatable bonds is 7. The Hall–Kier alpha value is -2.51. The van der Waals surface area contributed by atoms with Gasteiger partial charge in [0.2, 0.25) is 5.91 Å². The number of furan rings is 1. The standard InChI is InChI=1S/C19H18ClN3O3S/c1-3-8-21-17(24)12(2)27-19-22-16-10-13(20)6-7-15(16)18(25)23(19)11-14-5-4-9-26-14/h3-7,9-10,12H,1,8,11H2,2H3,(H,21,24)/t12-/m1/s1. The Morgan fingerprint density at radius 1 is 1.48 bits per heavy atom. The van der Waals surface area contributed by atoms with E-state index in [0.29, 0.717) is 33.4 Å². The van der Waals surface area contributed by atoms with Crippen LogP contribution in [0.15, 0.2) is 63.6 Å². The molecule has 0 unspecified atom stereocenters. The number of thioether (sulfide) groups is 1. The number of amides is 1. The maximum atomic E-state index is 13.0. The second-order valence-electron chi connectivity index (χ2n) is 5.82. The van der Waals surface area contributed by atoms with Crippen LogP contribution in [0.25, 0.3) is 10.9 Å². The van der Waals surface area contributed by atoms with Crippen molar-refractivity contribution in [3.8, 4) is 0 Å². The molecule has 2 heterocycles. The van der Waals surface area contributed by atoms with Gasteiger partial charge in [0.1, 0.15) is 5.76 Å². The average molecular weight is 404 g/mol. The number of hydrogen-bond donors (Lipinski definition) is 1. The van der Waals surface area contributed by atoms with Crippen molar-refractivity contribution in [3.63, 3.8) is 0 Å². The molecular weight excluding hydrogens is 386 g/mol. The highest BCUT2D eigenvalue weighted by atomic mass is 35.5. The van der Waals surface area contributed by atoms with Gasteiger partial charge in [-0.2, -0.15) is 0 Å². The fourth-order valence-electron chi connectivity index (χ4n) is 2.49. The average Bonchev–Trinajstić information content (AvgIpc) is 3.15. The van der Waals surface area contributed by atoms with Gasteiger partial charge in [-0.1, -0.05) is 29.4 Å². The van der Waals surface area contributed by atoms with E-state index < -0.39 is 5.25 Å². The second kappa shape index (κ2) is 8.45. The number of fused-ring (bicyclic) bond motifs is 1. The maximum Gasteiger partial charge on any atom is 0.262 e. The second-order valence-corrected chi connectivity index (χ2v) is 7.56. The minimum Gasteiger partial charge on any atom is -0.467 e. The Bertz CT molecular complexity index is 1030. The van der Waals surface area contributed by atoms with Crippen LogP contribution in [0.4, 0.5) is 0 Å². The minimum atomic E-state index is -0.448. The molecule has 1 N–H and O–H groups in total. The van der Waals surface area contributed by atoms with Crippen LogP contribution in [0.3, 0.4) is 0 Å². The summed E-state index contributed by atoms with van der Waals surface area (Å²) in [4.78, 5) is 29.8. The molecule has 0 fully saturated rings. The predicted molar refractivity (Wildman–Crippen MR) is 107 cm³/mol. The SMILES string of the molecule is C=CCNC(=O)[C@@H](C)Sc1nc2cc(Cl)ccc2c(=O)n1Cc1ccco1. The molecule has 1 aromatic carbocycles. The van der Waals surface area contributed by atoms with Crippen molar-refractivity contribution in [1.82, 2.24) is 14.9 Å². The summed E-state index contributed by atoms with van der Waals surface area (Å²) in [5, 5.41) is 3.67. The number of nitrogens with one attached hydrogen (secondary N) is 1. The van der Waals surface area contributed by atoms with E-state index in [1.54, 1.807) is 49.6 Å². The van der Waals surface area contributed by atoms with E-state index in [9.17, 15) is 9.59 Å². The Labute approximate surface area is 165 Å². The molecule has 1 atom stereocenters. The van der Waals surface area contributed by atoms with Crippen LogP contribution in [0, 0.1) is 0 Å². The third-order valence-electron chi connectivity index (χ3n) is 3.85. The molecule has 0 saturated carbocycles. The lowest BCUT2D eigenvalue weighted by molar-refractivity contribution is -0.120. The van der Waals surface area contributed by atoms with Crippen LogP contribution in [-0.4, -0.2) is 27.3 Å². The Kier molecular flexibility index (Phi) is 6.03. The van der Waals surface area contributed by atoms with Crippen LogP contribution < -0.4 is 10.9 Å². The van der Waals surface area contributed by atoms with Crippen molar-refractivity contribution in [2.45, 2.75) is 23.9 Å². The molecule has 2 aromatic heterocycles. The fraction of sp³-hybridized carbons (Fsp3) is 0.211. The lowest BCUT2D eigenvalue weighted by atomic mass is 10.2. The Morgan fingerprint density at radius 3 is 3.00 bits per heavy atom. The van der Waals surface area contributed by atoms with Crippen molar-refractivity contribution in [3.05, 3.63) is 70.4 Å². The van der Waals surface area contributed by atoms with E-state index in [1.807, 2.05) is 0 Å². The largest absolute Gasteiger partial charge is 0.467 e. The van der Waals surface area contributed by atoms with Crippen molar-refractivity contribution in [2.75, 3.05) is 6.54 Å².